The van der Waals surface area contributed by atoms with Crippen molar-refractivity contribution in [1.29, 1.82) is 0 Å². The fourth-order valence-electron chi connectivity index (χ4n) is 3.38. The molecule has 0 unspecified atom stereocenters. The molecule has 1 aliphatic rings. The van der Waals surface area contributed by atoms with Gasteiger partial charge in [0.15, 0.2) is 0 Å². The Morgan fingerprint density at radius 2 is 1.85 bits per heavy atom. The summed E-state index contributed by atoms with van der Waals surface area (Å²) in [6, 6.07) is 7.90. The molecule has 1 saturated heterocycles. The predicted octanol–water partition coefficient (Wildman–Crippen LogP) is 2.01. The Kier molecular flexibility index (Phi) is 6.41. The van der Waals surface area contributed by atoms with Crippen molar-refractivity contribution in [3.05, 3.63) is 48.0 Å². The van der Waals surface area contributed by atoms with E-state index in [9.17, 15) is 4.79 Å². The van der Waals surface area contributed by atoms with Gasteiger partial charge in [-0.15, -0.1) is 0 Å². The van der Waals surface area contributed by atoms with Crippen molar-refractivity contribution in [3.8, 4) is 0 Å². The molecule has 0 radical (unpaired) electrons. The number of hydrogen-bond donors (Lipinski definition) is 1. The molecule has 1 aliphatic heterocycles. The smallest absolute Gasteiger partial charge is 0.238 e. The SMILES string of the molecule is CCc1nccn1CCN1CCN(CC(=O)Nc2ccccc2C)CC1. The Labute approximate surface area is 155 Å². The van der Waals surface area contributed by atoms with Crippen molar-refractivity contribution in [2.24, 2.45) is 0 Å². The summed E-state index contributed by atoms with van der Waals surface area (Å²) in [4.78, 5) is 21.4. The van der Waals surface area contributed by atoms with Crippen LogP contribution in [0.5, 0.6) is 0 Å². The standard InChI is InChI=1S/C20H29N5O/c1-3-19-21-8-9-25(19)15-14-23-10-12-24(13-11-23)16-20(26)22-18-7-5-4-6-17(18)2/h4-9H,3,10-16H2,1-2H3,(H,22,26). The molecule has 140 valence electrons. The van der Waals surface area contributed by atoms with Crippen molar-refractivity contribution in [1.82, 2.24) is 19.4 Å². The number of imidazole rings is 1. The summed E-state index contributed by atoms with van der Waals surface area (Å²) in [7, 11) is 0. The predicted molar refractivity (Wildman–Crippen MR) is 104 cm³/mol. The number of nitrogens with zero attached hydrogens (tertiary/aromatic N) is 4. The summed E-state index contributed by atoms with van der Waals surface area (Å²) in [5, 5.41) is 3.02. The minimum atomic E-state index is 0.0683. The first-order valence-electron chi connectivity index (χ1n) is 9.46. The molecule has 2 heterocycles. The lowest BCUT2D eigenvalue weighted by Gasteiger charge is -2.34. The maximum absolute atomic E-state index is 12.3. The Bertz CT molecular complexity index is 718. The molecule has 1 N–H and O–H groups in total. The number of para-hydroxylation sites is 1. The third-order valence-corrected chi connectivity index (χ3v) is 5.03. The second-order valence-corrected chi connectivity index (χ2v) is 6.87. The van der Waals surface area contributed by atoms with Crippen LogP contribution in [0.15, 0.2) is 36.7 Å². The first-order chi connectivity index (χ1) is 12.7. The van der Waals surface area contributed by atoms with Gasteiger partial charge in [0.25, 0.3) is 0 Å². The van der Waals surface area contributed by atoms with Crippen LogP contribution in [0.3, 0.4) is 0 Å². The van der Waals surface area contributed by atoms with Crippen molar-refractivity contribution in [2.75, 3.05) is 44.6 Å². The van der Waals surface area contributed by atoms with E-state index in [2.05, 4.69) is 37.8 Å². The van der Waals surface area contributed by atoms with Crippen LogP contribution >= 0.6 is 0 Å². The zero-order valence-electron chi connectivity index (χ0n) is 15.8. The number of rotatable bonds is 7. The fourth-order valence-corrected chi connectivity index (χ4v) is 3.38. The molecule has 0 saturated carbocycles. The Balaban J connectivity index is 1.39. The van der Waals surface area contributed by atoms with Crippen molar-refractivity contribution in [3.63, 3.8) is 0 Å². The van der Waals surface area contributed by atoms with E-state index >= 15 is 0 Å². The quantitative estimate of drug-likeness (QED) is 0.825. The van der Waals surface area contributed by atoms with E-state index in [-0.39, 0.29) is 5.91 Å². The van der Waals surface area contributed by atoms with E-state index in [4.69, 9.17) is 0 Å². The summed E-state index contributed by atoms with van der Waals surface area (Å²) in [5.74, 6) is 1.22. The van der Waals surface area contributed by atoms with Gasteiger partial charge in [0, 0.05) is 63.8 Å². The zero-order chi connectivity index (χ0) is 18.4. The summed E-state index contributed by atoms with van der Waals surface area (Å²) < 4.78 is 2.24. The number of aromatic nitrogens is 2. The lowest BCUT2D eigenvalue weighted by molar-refractivity contribution is -0.117. The van der Waals surface area contributed by atoms with Crippen LogP contribution in [0.2, 0.25) is 0 Å². The van der Waals surface area contributed by atoms with Crippen molar-refractivity contribution < 1.29 is 4.79 Å². The molecule has 2 aromatic rings. The van der Waals surface area contributed by atoms with E-state index in [1.165, 1.54) is 0 Å². The molecule has 6 heteroatoms. The summed E-state index contributed by atoms with van der Waals surface area (Å²) >= 11 is 0. The van der Waals surface area contributed by atoms with Gasteiger partial charge in [0.05, 0.1) is 6.54 Å². The van der Waals surface area contributed by atoms with Crippen LogP contribution in [0, 0.1) is 6.92 Å². The van der Waals surface area contributed by atoms with Gasteiger partial charge in [-0.1, -0.05) is 25.1 Å². The largest absolute Gasteiger partial charge is 0.334 e. The van der Waals surface area contributed by atoms with Crippen molar-refractivity contribution in [2.45, 2.75) is 26.8 Å². The average molecular weight is 355 g/mol. The minimum Gasteiger partial charge on any atom is -0.334 e. The fraction of sp³-hybridized carbons (Fsp3) is 0.500. The molecule has 1 fully saturated rings. The lowest BCUT2D eigenvalue weighted by Crippen LogP contribution is -2.49. The number of aryl methyl sites for hydroxylation is 2. The zero-order valence-corrected chi connectivity index (χ0v) is 15.8. The highest BCUT2D eigenvalue weighted by Gasteiger charge is 2.19. The molecule has 0 aliphatic carbocycles. The van der Waals surface area contributed by atoms with Crippen LogP contribution < -0.4 is 5.32 Å². The Hall–Kier alpha value is -2.18. The Morgan fingerprint density at radius 3 is 2.58 bits per heavy atom. The van der Waals surface area contributed by atoms with Gasteiger partial charge in [-0.05, 0) is 18.6 Å². The average Bonchev–Trinajstić information content (AvgIpc) is 3.11. The molecule has 1 aromatic carbocycles. The molecule has 1 aromatic heterocycles. The summed E-state index contributed by atoms with van der Waals surface area (Å²) in [6.45, 7) is 10.5. The number of piperazine rings is 1. The van der Waals surface area contributed by atoms with Gasteiger partial charge in [-0.3, -0.25) is 14.6 Å². The number of anilines is 1. The van der Waals surface area contributed by atoms with Gasteiger partial charge in [-0.2, -0.15) is 0 Å². The molecule has 0 atom stereocenters. The minimum absolute atomic E-state index is 0.0683. The number of carbonyl (C=O) groups excluding carboxylic acids is 1. The maximum atomic E-state index is 12.3. The highest BCUT2D eigenvalue weighted by Crippen LogP contribution is 2.13. The molecule has 3 rings (SSSR count). The third kappa shape index (κ3) is 4.93. The van der Waals surface area contributed by atoms with Gasteiger partial charge in [0.2, 0.25) is 5.91 Å². The summed E-state index contributed by atoms with van der Waals surface area (Å²) in [5.41, 5.74) is 2.00. The van der Waals surface area contributed by atoms with Gasteiger partial charge >= 0.3 is 0 Å². The number of hydrogen-bond acceptors (Lipinski definition) is 4. The number of nitrogens with one attached hydrogen (secondary N) is 1. The van der Waals surface area contributed by atoms with Crippen LogP contribution in [0.25, 0.3) is 0 Å². The monoisotopic (exact) mass is 355 g/mol. The second kappa shape index (κ2) is 8.96. The molecule has 26 heavy (non-hydrogen) atoms. The van der Waals surface area contributed by atoms with Gasteiger partial charge in [-0.25, -0.2) is 4.98 Å². The van der Waals surface area contributed by atoms with Crippen molar-refractivity contribution >= 4 is 11.6 Å². The molecular formula is C20H29N5O. The molecule has 0 bridgehead atoms. The van der Waals surface area contributed by atoms with Crippen LogP contribution in [-0.2, 0) is 17.8 Å². The third-order valence-electron chi connectivity index (χ3n) is 5.03. The molecule has 1 amide bonds. The highest BCUT2D eigenvalue weighted by atomic mass is 16.2. The number of benzene rings is 1. The van der Waals surface area contributed by atoms with E-state index in [1.54, 1.807) is 0 Å². The molecular weight excluding hydrogens is 326 g/mol. The summed E-state index contributed by atoms with van der Waals surface area (Å²) in [6.07, 6.45) is 4.91. The van der Waals surface area contributed by atoms with Crippen LogP contribution in [-0.4, -0.2) is 64.5 Å². The van der Waals surface area contributed by atoms with E-state index < -0.39 is 0 Å². The van der Waals surface area contributed by atoms with E-state index in [1.807, 2.05) is 37.4 Å². The normalized spacial score (nSPS) is 15.9. The van der Waals surface area contributed by atoms with E-state index in [0.717, 1.165) is 62.8 Å². The first-order valence-corrected chi connectivity index (χ1v) is 9.46. The molecule has 0 spiro atoms. The van der Waals surface area contributed by atoms with Crippen LogP contribution in [0.1, 0.15) is 18.3 Å². The van der Waals surface area contributed by atoms with E-state index in [0.29, 0.717) is 6.54 Å². The van der Waals surface area contributed by atoms with Crippen LogP contribution in [0.4, 0.5) is 5.69 Å². The number of amides is 1. The second-order valence-electron chi connectivity index (χ2n) is 6.87. The highest BCUT2D eigenvalue weighted by molar-refractivity contribution is 5.92. The lowest BCUT2D eigenvalue weighted by atomic mass is 10.2. The maximum Gasteiger partial charge on any atom is 0.238 e. The molecule has 6 nitrogen and oxygen atoms in total. The Morgan fingerprint density at radius 1 is 1.12 bits per heavy atom. The van der Waals surface area contributed by atoms with Gasteiger partial charge in [0.1, 0.15) is 5.82 Å². The van der Waals surface area contributed by atoms with Gasteiger partial charge < -0.3 is 9.88 Å². The number of carbonyl (C=O) groups is 1. The first kappa shape index (κ1) is 18.6. The topological polar surface area (TPSA) is 53.4 Å².